The van der Waals surface area contributed by atoms with E-state index < -0.39 is 5.92 Å². The molecule has 0 saturated heterocycles. The maximum atomic E-state index is 11.7. The van der Waals surface area contributed by atoms with Crippen LogP contribution in [0.25, 0.3) is 0 Å². The fourth-order valence-electron chi connectivity index (χ4n) is 2.97. The number of hydrogen-bond acceptors (Lipinski definition) is 5. The second-order valence-corrected chi connectivity index (χ2v) is 7.23. The summed E-state index contributed by atoms with van der Waals surface area (Å²) in [5.41, 5.74) is 0. The van der Waals surface area contributed by atoms with Crippen molar-refractivity contribution in [3.63, 3.8) is 0 Å². The van der Waals surface area contributed by atoms with Gasteiger partial charge >= 0.3 is 5.97 Å². The van der Waals surface area contributed by atoms with Crippen molar-refractivity contribution in [3.8, 4) is 11.5 Å². The van der Waals surface area contributed by atoms with Crippen molar-refractivity contribution in [1.29, 1.82) is 0 Å². The Labute approximate surface area is 173 Å². The van der Waals surface area contributed by atoms with Crippen molar-refractivity contribution >= 4 is 23.4 Å². The molecule has 5 nitrogen and oxygen atoms in total. The number of rotatable bonds is 15. The van der Waals surface area contributed by atoms with Gasteiger partial charge in [0.2, 0.25) is 0 Å². The number of esters is 1. The molecule has 1 aromatic carbocycles. The van der Waals surface area contributed by atoms with Crippen molar-refractivity contribution in [2.45, 2.75) is 65.2 Å². The van der Waals surface area contributed by atoms with Gasteiger partial charge in [-0.1, -0.05) is 50.1 Å². The largest absolute Gasteiger partial charge is 0.497 e. The maximum absolute atomic E-state index is 11.7. The van der Waals surface area contributed by atoms with Crippen molar-refractivity contribution in [1.82, 2.24) is 0 Å². The van der Waals surface area contributed by atoms with E-state index in [1.165, 1.54) is 6.92 Å². The lowest BCUT2D eigenvalue weighted by atomic mass is 9.97. The zero-order valence-electron chi connectivity index (χ0n) is 17.3. The molecular weight excluding hydrogens is 380 g/mol. The molecule has 6 heteroatoms. The van der Waals surface area contributed by atoms with Gasteiger partial charge in [-0.3, -0.25) is 9.59 Å². The molecule has 1 atom stereocenters. The zero-order valence-corrected chi connectivity index (χ0v) is 18.1. The van der Waals surface area contributed by atoms with Gasteiger partial charge < -0.3 is 14.2 Å². The highest BCUT2D eigenvalue weighted by atomic mass is 35.5. The number of unbranched alkanes of at least 4 members (excludes halogenated alkanes) is 6. The van der Waals surface area contributed by atoms with Crippen LogP contribution in [0.1, 0.15) is 65.2 Å². The molecule has 158 valence electrons. The standard InChI is InChI=1S/C22H33ClO5/c1-4-27-22(25)19(17(2)24)12-10-8-6-5-7-9-11-15-28-21-14-13-18(26-3)16-20(21)23/h13-14,16,19H,4-12,15H2,1-3H3. The number of methoxy groups -OCH3 is 1. The van der Waals surface area contributed by atoms with E-state index in [0.29, 0.717) is 36.2 Å². The number of benzene rings is 1. The van der Waals surface area contributed by atoms with Crippen LogP contribution in [0.3, 0.4) is 0 Å². The highest BCUT2D eigenvalue weighted by molar-refractivity contribution is 6.32. The number of ether oxygens (including phenoxy) is 3. The Morgan fingerprint density at radius 1 is 1.04 bits per heavy atom. The Morgan fingerprint density at radius 3 is 2.25 bits per heavy atom. The van der Waals surface area contributed by atoms with Crippen molar-refractivity contribution in [3.05, 3.63) is 23.2 Å². The molecule has 0 aliphatic rings. The molecule has 0 aliphatic carbocycles. The lowest BCUT2D eigenvalue weighted by Gasteiger charge is -2.12. The summed E-state index contributed by atoms with van der Waals surface area (Å²) in [4.78, 5) is 23.3. The van der Waals surface area contributed by atoms with Gasteiger partial charge in [-0.25, -0.2) is 0 Å². The highest BCUT2D eigenvalue weighted by Gasteiger charge is 2.23. The molecule has 0 radical (unpaired) electrons. The van der Waals surface area contributed by atoms with Gasteiger partial charge in [0.05, 0.1) is 25.3 Å². The summed E-state index contributed by atoms with van der Waals surface area (Å²) in [5.74, 6) is 0.322. The van der Waals surface area contributed by atoms with Gasteiger partial charge in [-0.15, -0.1) is 0 Å². The first-order valence-corrected chi connectivity index (χ1v) is 10.5. The Bertz CT molecular complexity index is 603. The predicted octanol–water partition coefficient (Wildman–Crippen LogP) is 5.62. The smallest absolute Gasteiger partial charge is 0.316 e. The molecule has 0 heterocycles. The molecule has 0 N–H and O–H groups in total. The van der Waals surface area contributed by atoms with Crippen LogP contribution < -0.4 is 9.47 Å². The Kier molecular flexibility index (Phi) is 12.4. The van der Waals surface area contributed by atoms with E-state index in [1.807, 2.05) is 12.1 Å². The highest BCUT2D eigenvalue weighted by Crippen LogP contribution is 2.28. The fourth-order valence-corrected chi connectivity index (χ4v) is 3.20. The first-order chi connectivity index (χ1) is 13.5. The minimum Gasteiger partial charge on any atom is -0.497 e. The number of carbonyl (C=O) groups excluding carboxylic acids is 2. The van der Waals surface area contributed by atoms with Crippen LogP contribution in [0.2, 0.25) is 5.02 Å². The second-order valence-electron chi connectivity index (χ2n) is 6.82. The number of carbonyl (C=O) groups is 2. The summed E-state index contributed by atoms with van der Waals surface area (Å²) in [5, 5.41) is 0.561. The van der Waals surface area contributed by atoms with Crippen LogP contribution >= 0.6 is 11.6 Å². The number of ketones is 1. The quantitative estimate of drug-likeness (QED) is 0.212. The molecular formula is C22H33ClO5. The summed E-state index contributed by atoms with van der Waals surface area (Å²) >= 11 is 6.14. The normalized spacial score (nSPS) is 11.7. The van der Waals surface area contributed by atoms with Crippen LogP contribution in [-0.2, 0) is 14.3 Å². The molecule has 1 rings (SSSR count). The topological polar surface area (TPSA) is 61.8 Å². The average Bonchev–Trinajstić information content (AvgIpc) is 2.66. The van der Waals surface area contributed by atoms with E-state index in [2.05, 4.69) is 0 Å². The third-order valence-corrected chi connectivity index (χ3v) is 4.89. The zero-order chi connectivity index (χ0) is 20.8. The van der Waals surface area contributed by atoms with E-state index in [-0.39, 0.29) is 11.8 Å². The van der Waals surface area contributed by atoms with E-state index in [0.717, 1.165) is 44.9 Å². The maximum Gasteiger partial charge on any atom is 0.316 e. The summed E-state index contributed by atoms with van der Waals surface area (Å²) in [6.45, 7) is 4.18. The van der Waals surface area contributed by atoms with Gasteiger partial charge in [0, 0.05) is 6.07 Å². The van der Waals surface area contributed by atoms with Gasteiger partial charge in [0.15, 0.2) is 0 Å². The van der Waals surface area contributed by atoms with Gasteiger partial charge in [-0.05, 0) is 38.8 Å². The van der Waals surface area contributed by atoms with E-state index in [4.69, 9.17) is 25.8 Å². The minimum atomic E-state index is -0.595. The van der Waals surface area contributed by atoms with E-state index in [9.17, 15) is 9.59 Å². The Balaban J connectivity index is 2.06. The van der Waals surface area contributed by atoms with Crippen molar-refractivity contribution in [2.75, 3.05) is 20.3 Å². The predicted molar refractivity (Wildman–Crippen MR) is 111 cm³/mol. The number of halogens is 1. The third-order valence-electron chi connectivity index (χ3n) is 4.60. The fraction of sp³-hybridized carbons (Fsp3) is 0.636. The molecule has 0 aromatic heterocycles. The molecule has 0 fully saturated rings. The number of hydrogen-bond donors (Lipinski definition) is 0. The summed E-state index contributed by atoms with van der Waals surface area (Å²) in [7, 11) is 1.61. The van der Waals surface area contributed by atoms with Crippen LogP contribution in [-0.4, -0.2) is 32.1 Å². The lowest BCUT2D eigenvalue weighted by molar-refractivity contribution is -0.151. The van der Waals surface area contributed by atoms with E-state index in [1.54, 1.807) is 20.1 Å². The molecule has 0 spiro atoms. The van der Waals surface area contributed by atoms with Crippen molar-refractivity contribution in [2.24, 2.45) is 5.92 Å². The van der Waals surface area contributed by atoms with Gasteiger partial charge in [0.25, 0.3) is 0 Å². The first-order valence-electron chi connectivity index (χ1n) is 10.1. The SMILES string of the molecule is CCOC(=O)C(CCCCCCCCCOc1ccc(OC)cc1Cl)C(C)=O. The monoisotopic (exact) mass is 412 g/mol. The molecule has 0 amide bonds. The minimum absolute atomic E-state index is 0.101. The van der Waals surface area contributed by atoms with Gasteiger partial charge in [0.1, 0.15) is 23.2 Å². The molecule has 0 aliphatic heterocycles. The molecule has 0 saturated carbocycles. The second kappa shape index (κ2) is 14.3. The molecule has 0 bridgehead atoms. The first kappa shape index (κ1) is 24.3. The van der Waals surface area contributed by atoms with Gasteiger partial charge in [-0.2, -0.15) is 0 Å². The Morgan fingerprint density at radius 2 is 1.68 bits per heavy atom. The summed E-state index contributed by atoms with van der Waals surface area (Å²) < 4.78 is 15.8. The molecule has 1 aromatic rings. The lowest BCUT2D eigenvalue weighted by Crippen LogP contribution is -2.24. The molecule has 28 heavy (non-hydrogen) atoms. The van der Waals surface area contributed by atoms with Crippen molar-refractivity contribution < 1.29 is 23.8 Å². The van der Waals surface area contributed by atoms with Crippen LogP contribution in [0.15, 0.2) is 18.2 Å². The van der Waals surface area contributed by atoms with Crippen LogP contribution in [0, 0.1) is 5.92 Å². The van der Waals surface area contributed by atoms with E-state index >= 15 is 0 Å². The number of Topliss-reactive ketones (excluding diaryl/α,β-unsaturated/α-hetero) is 1. The Hall–Kier alpha value is -1.75. The molecule has 1 unspecified atom stereocenters. The van der Waals surface area contributed by atoms with Crippen LogP contribution in [0.5, 0.6) is 11.5 Å². The third kappa shape index (κ3) is 9.45. The summed E-state index contributed by atoms with van der Waals surface area (Å²) in [6, 6.07) is 5.40. The average molecular weight is 413 g/mol. The summed E-state index contributed by atoms with van der Waals surface area (Å²) in [6.07, 6.45) is 7.98. The van der Waals surface area contributed by atoms with Crippen LogP contribution in [0.4, 0.5) is 0 Å².